The van der Waals surface area contributed by atoms with Crippen LogP contribution in [0.4, 0.5) is 0 Å². The Kier molecular flexibility index (Phi) is 3.96. The van der Waals surface area contributed by atoms with E-state index in [1.54, 1.807) is 13.3 Å². The van der Waals surface area contributed by atoms with Gasteiger partial charge in [-0.05, 0) is 30.3 Å². The largest absolute Gasteiger partial charge is 0.497 e. The van der Waals surface area contributed by atoms with Crippen molar-refractivity contribution in [1.29, 1.82) is 0 Å². The number of rotatable bonds is 4. The molecule has 0 aliphatic carbocycles. The summed E-state index contributed by atoms with van der Waals surface area (Å²) in [5.74, 6) is 1.65. The van der Waals surface area contributed by atoms with Crippen LogP contribution in [0.25, 0.3) is 34.2 Å². The molecule has 0 aliphatic heterocycles. The lowest BCUT2D eigenvalue weighted by Crippen LogP contribution is -1.85. The zero-order valence-corrected chi connectivity index (χ0v) is 13.6. The molecule has 0 saturated heterocycles. The zero-order chi connectivity index (χ0) is 17.1. The lowest BCUT2D eigenvalue weighted by molar-refractivity contribution is 0.415. The third-order valence-corrected chi connectivity index (χ3v) is 3.82. The number of methoxy groups -OCH3 is 1. The molecule has 0 amide bonds. The topological polar surface area (TPSA) is 61.0 Å². The van der Waals surface area contributed by atoms with Gasteiger partial charge in [0.05, 0.1) is 12.8 Å². The minimum absolute atomic E-state index is 0.451. The Morgan fingerprint density at radius 1 is 0.760 bits per heavy atom. The fourth-order valence-electron chi connectivity index (χ4n) is 2.54. The number of hydrogen-bond acceptors (Lipinski definition) is 5. The molecule has 0 aliphatic rings. The molecule has 122 valence electrons. The molecule has 0 unspecified atom stereocenters. The molecule has 0 spiro atoms. The van der Waals surface area contributed by atoms with Gasteiger partial charge < -0.3 is 9.15 Å². The molecular formula is C20H15N3O2. The van der Waals surface area contributed by atoms with Crippen molar-refractivity contribution in [2.24, 2.45) is 0 Å². The van der Waals surface area contributed by atoms with Crippen LogP contribution < -0.4 is 4.74 Å². The maximum absolute atomic E-state index is 5.84. The number of benzene rings is 2. The molecule has 2 aromatic heterocycles. The Labute approximate surface area is 145 Å². The molecule has 0 bridgehead atoms. The lowest BCUT2D eigenvalue weighted by Gasteiger charge is -2.02. The molecule has 0 fully saturated rings. The van der Waals surface area contributed by atoms with Gasteiger partial charge in [-0.1, -0.05) is 36.4 Å². The number of ether oxygens (including phenoxy) is 1. The normalized spacial score (nSPS) is 10.6. The van der Waals surface area contributed by atoms with Gasteiger partial charge in [0.25, 0.3) is 0 Å². The van der Waals surface area contributed by atoms with Gasteiger partial charge >= 0.3 is 0 Å². The van der Waals surface area contributed by atoms with Gasteiger partial charge in [-0.3, -0.25) is 4.98 Å². The summed E-state index contributed by atoms with van der Waals surface area (Å²) in [6.45, 7) is 0. The first-order valence-corrected chi connectivity index (χ1v) is 7.83. The quantitative estimate of drug-likeness (QED) is 0.552. The molecule has 5 heteroatoms. The molecule has 0 atom stereocenters. The van der Waals surface area contributed by atoms with Gasteiger partial charge in [0.1, 0.15) is 5.75 Å². The molecule has 2 heterocycles. The second-order valence-corrected chi connectivity index (χ2v) is 5.44. The smallest absolute Gasteiger partial charge is 0.248 e. The van der Waals surface area contributed by atoms with E-state index in [1.165, 1.54) is 0 Å². The van der Waals surface area contributed by atoms with Gasteiger partial charge in [-0.25, -0.2) is 0 Å². The van der Waals surface area contributed by atoms with Crippen LogP contribution in [0.2, 0.25) is 0 Å². The predicted molar refractivity (Wildman–Crippen MR) is 95.0 cm³/mol. The summed E-state index contributed by atoms with van der Waals surface area (Å²) in [6.07, 6.45) is 1.74. The summed E-state index contributed by atoms with van der Waals surface area (Å²) in [5.41, 5.74) is 3.54. The van der Waals surface area contributed by atoms with Crippen molar-refractivity contribution in [3.05, 3.63) is 72.9 Å². The average Bonchev–Trinajstić information content (AvgIpc) is 3.19. The molecule has 2 aromatic carbocycles. The van der Waals surface area contributed by atoms with Crippen molar-refractivity contribution >= 4 is 0 Å². The summed E-state index contributed by atoms with van der Waals surface area (Å²) < 4.78 is 11.1. The lowest BCUT2D eigenvalue weighted by atomic mass is 10.1. The molecule has 0 radical (unpaired) electrons. The summed E-state index contributed by atoms with van der Waals surface area (Å²) >= 11 is 0. The summed E-state index contributed by atoms with van der Waals surface area (Å²) in [5, 5.41) is 8.32. The van der Waals surface area contributed by atoms with E-state index in [0.29, 0.717) is 11.8 Å². The first-order chi connectivity index (χ1) is 12.3. The third-order valence-electron chi connectivity index (χ3n) is 3.82. The van der Waals surface area contributed by atoms with Crippen molar-refractivity contribution in [2.45, 2.75) is 0 Å². The van der Waals surface area contributed by atoms with Crippen LogP contribution in [0.5, 0.6) is 5.75 Å². The molecule has 0 saturated carbocycles. The minimum atomic E-state index is 0.451. The zero-order valence-electron chi connectivity index (χ0n) is 13.6. The Morgan fingerprint density at radius 3 is 2.24 bits per heavy atom. The summed E-state index contributed by atoms with van der Waals surface area (Å²) in [6, 6.07) is 21.3. The maximum Gasteiger partial charge on any atom is 0.248 e. The fraction of sp³-hybridized carbons (Fsp3) is 0.0500. The van der Waals surface area contributed by atoms with Gasteiger partial charge in [0, 0.05) is 22.9 Å². The standard InChI is InChI=1S/C20H15N3O2/c1-24-17-9-5-8-15(12-17)19-22-23-20(25-19)16-10-11-21-18(13-16)14-6-3-2-4-7-14/h2-13H,1H3. The number of nitrogens with zero attached hydrogens (tertiary/aromatic N) is 3. The van der Waals surface area contributed by atoms with E-state index in [0.717, 1.165) is 28.1 Å². The maximum atomic E-state index is 5.84. The monoisotopic (exact) mass is 329 g/mol. The van der Waals surface area contributed by atoms with E-state index in [2.05, 4.69) is 15.2 Å². The number of pyridine rings is 1. The Balaban J connectivity index is 1.68. The SMILES string of the molecule is COc1cccc(-c2nnc(-c3ccnc(-c4ccccc4)c3)o2)c1. The van der Waals surface area contributed by atoms with Crippen molar-refractivity contribution in [3.8, 4) is 39.9 Å². The highest BCUT2D eigenvalue weighted by Gasteiger charge is 2.12. The highest BCUT2D eigenvalue weighted by Crippen LogP contribution is 2.28. The van der Waals surface area contributed by atoms with E-state index in [-0.39, 0.29) is 0 Å². The fourth-order valence-corrected chi connectivity index (χ4v) is 2.54. The summed E-state index contributed by atoms with van der Waals surface area (Å²) in [4.78, 5) is 4.42. The minimum Gasteiger partial charge on any atom is -0.497 e. The van der Waals surface area contributed by atoms with Crippen molar-refractivity contribution < 1.29 is 9.15 Å². The third kappa shape index (κ3) is 3.12. The van der Waals surface area contributed by atoms with Crippen molar-refractivity contribution in [2.75, 3.05) is 7.11 Å². The first kappa shape index (κ1) is 15.1. The molecule has 4 aromatic rings. The van der Waals surface area contributed by atoms with Crippen molar-refractivity contribution in [1.82, 2.24) is 15.2 Å². The molecule has 4 rings (SSSR count). The van der Waals surface area contributed by atoms with E-state index in [4.69, 9.17) is 9.15 Å². The highest BCUT2D eigenvalue weighted by molar-refractivity contribution is 5.66. The van der Waals surface area contributed by atoms with Gasteiger partial charge in [0.2, 0.25) is 11.8 Å². The molecule has 0 N–H and O–H groups in total. The van der Waals surface area contributed by atoms with E-state index in [9.17, 15) is 0 Å². The Bertz CT molecular complexity index is 997. The van der Waals surface area contributed by atoms with E-state index < -0.39 is 0 Å². The van der Waals surface area contributed by atoms with Crippen LogP contribution in [0.3, 0.4) is 0 Å². The first-order valence-electron chi connectivity index (χ1n) is 7.83. The Hall–Kier alpha value is -3.47. The van der Waals surface area contributed by atoms with Crippen LogP contribution >= 0.6 is 0 Å². The van der Waals surface area contributed by atoms with Crippen LogP contribution in [-0.2, 0) is 0 Å². The summed E-state index contributed by atoms with van der Waals surface area (Å²) in [7, 11) is 1.63. The second-order valence-electron chi connectivity index (χ2n) is 5.44. The van der Waals surface area contributed by atoms with Gasteiger partial charge in [-0.2, -0.15) is 0 Å². The molecule has 25 heavy (non-hydrogen) atoms. The van der Waals surface area contributed by atoms with Crippen LogP contribution in [0.15, 0.2) is 77.3 Å². The van der Waals surface area contributed by atoms with Crippen molar-refractivity contribution in [3.63, 3.8) is 0 Å². The number of hydrogen-bond donors (Lipinski definition) is 0. The Morgan fingerprint density at radius 2 is 1.48 bits per heavy atom. The van der Waals surface area contributed by atoms with Crippen LogP contribution in [0.1, 0.15) is 0 Å². The number of aromatic nitrogens is 3. The molecule has 5 nitrogen and oxygen atoms in total. The molecular weight excluding hydrogens is 314 g/mol. The van der Waals surface area contributed by atoms with Crippen LogP contribution in [-0.4, -0.2) is 22.3 Å². The van der Waals surface area contributed by atoms with E-state index >= 15 is 0 Å². The average molecular weight is 329 g/mol. The van der Waals surface area contributed by atoms with Gasteiger partial charge in [-0.15, -0.1) is 10.2 Å². The van der Waals surface area contributed by atoms with Gasteiger partial charge in [0.15, 0.2) is 0 Å². The predicted octanol–water partition coefficient (Wildman–Crippen LogP) is 4.47. The second kappa shape index (κ2) is 6.57. The van der Waals surface area contributed by atoms with E-state index in [1.807, 2.05) is 66.7 Å². The highest BCUT2D eigenvalue weighted by atomic mass is 16.5. The van der Waals surface area contributed by atoms with Crippen LogP contribution in [0, 0.1) is 0 Å².